The molecule has 1 aromatic carbocycles. The molecule has 6 heteroatoms. The van der Waals surface area contributed by atoms with Crippen LogP contribution in [0.4, 0.5) is 5.69 Å². The lowest BCUT2D eigenvalue weighted by Crippen LogP contribution is -2.09. The Morgan fingerprint density at radius 1 is 1.42 bits per heavy atom. The van der Waals surface area contributed by atoms with Gasteiger partial charge in [-0.05, 0) is 24.6 Å². The highest BCUT2D eigenvalue weighted by atomic mass is 35.5. The molecule has 0 aliphatic carbocycles. The first kappa shape index (κ1) is 13.4. The predicted molar refractivity (Wildman–Crippen MR) is 72.9 cm³/mol. The van der Waals surface area contributed by atoms with Crippen molar-refractivity contribution in [1.29, 1.82) is 0 Å². The highest BCUT2D eigenvalue weighted by Gasteiger charge is 2.16. The van der Waals surface area contributed by atoms with E-state index in [2.05, 4.69) is 5.10 Å². The van der Waals surface area contributed by atoms with Crippen LogP contribution in [0, 0.1) is 0 Å². The third kappa shape index (κ3) is 3.26. The maximum Gasteiger partial charge on any atom is 0.361 e. The molecule has 0 bridgehead atoms. The number of carbonyl (C=O) groups is 1. The average molecular weight is 280 g/mol. The molecule has 0 atom stereocenters. The van der Waals surface area contributed by atoms with Gasteiger partial charge in [0.2, 0.25) is 0 Å². The van der Waals surface area contributed by atoms with Crippen molar-refractivity contribution in [3.05, 3.63) is 46.7 Å². The Morgan fingerprint density at radius 3 is 2.68 bits per heavy atom. The fourth-order valence-corrected chi connectivity index (χ4v) is 1.68. The van der Waals surface area contributed by atoms with Crippen LogP contribution in [-0.2, 0) is 17.9 Å². The van der Waals surface area contributed by atoms with E-state index in [4.69, 9.17) is 22.1 Å². The van der Waals surface area contributed by atoms with Gasteiger partial charge in [-0.1, -0.05) is 23.7 Å². The third-order valence-corrected chi connectivity index (χ3v) is 2.84. The van der Waals surface area contributed by atoms with Crippen molar-refractivity contribution in [3.63, 3.8) is 0 Å². The van der Waals surface area contributed by atoms with E-state index in [0.29, 0.717) is 17.3 Å². The lowest BCUT2D eigenvalue weighted by Gasteiger charge is -2.03. The van der Waals surface area contributed by atoms with Crippen molar-refractivity contribution < 1.29 is 9.53 Å². The molecule has 2 N–H and O–H groups in total. The van der Waals surface area contributed by atoms with Gasteiger partial charge in [0.05, 0.1) is 5.69 Å². The highest BCUT2D eigenvalue weighted by molar-refractivity contribution is 6.30. The van der Waals surface area contributed by atoms with E-state index < -0.39 is 5.97 Å². The van der Waals surface area contributed by atoms with Gasteiger partial charge < -0.3 is 10.5 Å². The molecule has 2 aromatic rings. The minimum Gasteiger partial charge on any atom is -0.456 e. The summed E-state index contributed by atoms with van der Waals surface area (Å²) in [4.78, 5) is 11.8. The van der Waals surface area contributed by atoms with E-state index in [9.17, 15) is 4.79 Å². The standard InChI is InChI=1S/C13H14ClN3O2/c1-2-17-7-11(15)12(16-17)13(18)19-8-9-3-5-10(14)6-4-9/h3-7H,2,8,15H2,1H3. The second-order valence-electron chi connectivity index (χ2n) is 3.99. The molecule has 0 spiro atoms. The van der Waals surface area contributed by atoms with Gasteiger partial charge in [0, 0.05) is 17.8 Å². The summed E-state index contributed by atoms with van der Waals surface area (Å²) in [5.74, 6) is -0.528. The summed E-state index contributed by atoms with van der Waals surface area (Å²) < 4.78 is 6.75. The number of halogens is 1. The predicted octanol–water partition coefficient (Wildman–Crippen LogP) is 2.50. The normalized spacial score (nSPS) is 10.4. The van der Waals surface area contributed by atoms with Gasteiger partial charge in [-0.2, -0.15) is 5.10 Å². The number of esters is 1. The van der Waals surface area contributed by atoms with Crippen LogP contribution in [0.3, 0.4) is 0 Å². The number of rotatable bonds is 4. The van der Waals surface area contributed by atoms with Crippen molar-refractivity contribution in [1.82, 2.24) is 9.78 Å². The first-order chi connectivity index (χ1) is 9.10. The first-order valence-corrected chi connectivity index (χ1v) is 6.22. The van der Waals surface area contributed by atoms with Crippen molar-refractivity contribution in [2.75, 3.05) is 5.73 Å². The molecule has 2 rings (SSSR count). The average Bonchev–Trinajstić information content (AvgIpc) is 2.79. The zero-order valence-electron chi connectivity index (χ0n) is 10.5. The van der Waals surface area contributed by atoms with E-state index in [0.717, 1.165) is 5.56 Å². The fraction of sp³-hybridized carbons (Fsp3) is 0.231. The lowest BCUT2D eigenvalue weighted by molar-refractivity contribution is 0.0466. The summed E-state index contributed by atoms with van der Waals surface area (Å²) in [5.41, 5.74) is 7.03. The number of hydrogen-bond donors (Lipinski definition) is 1. The largest absolute Gasteiger partial charge is 0.456 e. The summed E-state index contributed by atoms with van der Waals surface area (Å²) in [7, 11) is 0. The summed E-state index contributed by atoms with van der Waals surface area (Å²) in [6.45, 7) is 2.72. The summed E-state index contributed by atoms with van der Waals surface area (Å²) >= 11 is 5.77. The number of aromatic nitrogens is 2. The molecule has 1 aromatic heterocycles. The maximum atomic E-state index is 11.8. The summed E-state index contributed by atoms with van der Waals surface area (Å²) in [6, 6.07) is 7.07. The molecule has 1 heterocycles. The topological polar surface area (TPSA) is 70.1 Å². The van der Waals surface area contributed by atoms with Crippen molar-refractivity contribution in [3.8, 4) is 0 Å². The van der Waals surface area contributed by atoms with Gasteiger partial charge in [0.15, 0.2) is 5.69 Å². The fourth-order valence-electron chi connectivity index (χ4n) is 1.56. The van der Waals surface area contributed by atoms with Crippen LogP contribution in [0.1, 0.15) is 23.0 Å². The van der Waals surface area contributed by atoms with Gasteiger partial charge >= 0.3 is 5.97 Å². The second-order valence-corrected chi connectivity index (χ2v) is 4.43. The van der Waals surface area contributed by atoms with E-state index in [1.807, 2.05) is 6.92 Å². The van der Waals surface area contributed by atoms with Crippen LogP contribution in [-0.4, -0.2) is 15.7 Å². The number of benzene rings is 1. The zero-order chi connectivity index (χ0) is 13.8. The zero-order valence-corrected chi connectivity index (χ0v) is 11.2. The van der Waals surface area contributed by atoms with E-state index >= 15 is 0 Å². The Hall–Kier alpha value is -2.01. The van der Waals surface area contributed by atoms with Crippen LogP contribution in [0.15, 0.2) is 30.5 Å². The molecule has 0 fully saturated rings. The molecule has 0 saturated carbocycles. The van der Waals surface area contributed by atoms with E-state index in [1.54, 1.807) is 35.1 Å². The quantitative estimate of drug-likeness (QED) is 0.873. The Morgan fingerprint density at radius 2 is 2.11 bits per heavy atom. The Bertz CT molecular complexity index is 578. The number of nitrogen functional groups attached to an aromatic ring is 1. The van der Waals surface area contributed by atoms with Gasteiger partial charge in [0.25, 0.3) is 0 Å². The first-order valence-electron chi connectivity index (χ1n) is 5.84. The van der Waals surface area contributed by atoms with E-state index in [-0.39, 0.29) is 12.3 Å². The van der Waals surface area contributed by atoms with Crippen molar-refractivity contribution in [2.45, 2.75) is 20.1 Å². The molecule has 5 nitrogen and oxygen atoms in total. The van der Waals surface area contributed by atoms with E-state index in [1.165, 1.54) is 0 Å². The number of nitrogens with two attached hydrogens (primary N) is 1. The molecule has 0 amide bonds. The van der Waals surface area contributed by atoms with Gasteiger partial charge in [-0.15, -0.1) is 0 Å². The lowest BCUT2D eigenvalue weighted by atomic mass is 10.2. The van der Waals surface area contributed by atoms with Crippen LogP contribution in [0.5, 0.6) is 0 Å². The number of aryl methyl sites for hydroxylation is 1. The van der Waals surface area contributed by atoms with Crippen LogP contribution in [0.2, 0.25) is 5.02 Å². The molecule has 0 unspecified atom stereocenters. The molecule has 0 aliphatic heterocycles. The highest BCUT2D eigenvalue weighted by Crippen LogP contribution is 2.13. The van der Waals surface area contributed by atoms with Gasteiger partial charge in [-0.25, -0.2) is 4.79 Å². The molecular formula is C13H14ClN3O2. The molecular weight excluding hydrogens is 266 g/mol. The monoisotopic (exact) mass is 279 g/mol. The van der Waals surface area contributed by atoms with Crippen LogP contribution in [0.25, 0.3) is 0 Å². The number of hydrogen-bond acceptors (Lipinski definition) is 4. The Labute approximate surface area is 115 Å². The number of ether oxygens (including phenoxy) is 1. The smallest absolute Gasteiger partial charge is 0.361 e. The number of nitrogens with zero attached hydrogens (tertiary/aromatic N) is 2. The molecule has 0 radical (unpaired) electrons. The van der Waals surface area contributed by atoms with Gasteiger partial charge in [0.1, 0.15) is 6.61 Å². The molecule has 100 valence electrons. The van der Waals surface area contributed by atoms with Crippen molar-refractivity contribution >= 4 is 23.3 Å². The molecule has 0 saturated heterocycles. The Balaban J connectivity index is 2.01. The minimum atomic E-state index is -0.528. The van der Waals surface area contributed by atoms with Crippen LogP contribution >= 0.6 is 11.6 Å². The Kier molecular flexibility index (Phi) is 4.06. The van der Waals surface area contributed by atoms with Gasteiger partial charge in [-0.3, -0.25) is 4.68 Å². The maximum absolute atomic E-state index is 11.8. The summed E-state index contributed by atoms with van der Waals surface area (Å²) in [6.07, 6.45) is 1.61. The number of anilines is 1. The third-order valence-electron chi connectivity index (χ3n) is 2.59. The number of carbonyl (C=O) groups excluding carboxylic acids is 1. The summed E-state index contributed by atoms with van der Waals surface area (Å²) in [5, 5.41) is 4.69. The minimum absolute atomic E-state index is 0.149. The van der Waals surface area contributed by atoms with Crippen LogP contribution < -0.4 is 5.73 Å². The molecule has 19 heavy (non-hydrogen) atoms. The second kappa shape index (κ2) is 5.75. The van der Waals surface area contributed by atoms with Crippen molar-refractivity contribution in [2.24, 2.45) is 0 Å². The molecule has 0 aliphatic rings. The SMILES string of the molecule is CCn1cc(N)c(C(=O)OCc2ccc(Cl)cc2)n1.